The summed E-state index contributed by atoms with van der Waals surface area (Å²) in [6, 6.07) is 0. The fourth-order valence-corrected chi connectivity index (χ4v) is 3.25. The topological polar surface area (TPSA) is 0 Å². The molecule has 0 amide bonds. The highest BCUT2D eigenvalue weighted by Gasteiger charge is 2.00. The van der Waals surface area contributed by atoms with Gasteiger partial charge in [0.1, 0.15) is 0 Å². The highest BCUT2D eigenvalue weighted by molar-refractivity contribution is 4.81. The Morgan fingerprint density at radius 3 is 1.61 bits per heavy atom. The lowest BCUT2D eigenvalue weighted by molar-refractivity contribution is 0.458. The molecule has 0 aliphatic carbocycles. The lowest BCUT2D eigenvalue weighted by atomic mass is 9.97. The lowest BCUT2D eigenvalue weighted by Gasteiger charge is -2.09. The van der Waals surface area contributed by atoms with Crippen LogP contribution >= 0.6 is 0 Å². The summed E-state index contributed by atoms with van der Waals surface area (Å²) < 4.78 is 0. The molecule has 0 N–H and O–H groups in total. The Kier molecular flexibility index (Phi) is 19.6. The van der Waals surface area contributed by atoms with Gasteiger partial charge in [0.25, 0.3) is 0 Å². The lowest BCUT2D eigenvalue weighted by Crippen LogP contribution is -1.94. The van der Waals surface area contributed by atoms with Crippen molar-refractivity contribution in [2.24, 2.45) is 5.92 Å². The summed E-state index contributed by atoms with van der Waals surface area (Å²) in [7, 11) is 0. The highest BCUT2D eigenvalue weighted by Crippen LogP contribution is 2.17. The Balaban J connectivity index is 3.22. The van der Waals surface area contributed by atoms with Crippen LogP contribution in [0.2, 0.25) is 0 Å². The Morgan fingerprint density at radius 1 is 0.522 bits per heavy atom. The molecule has 0 aliphatic rings. The molecule has 0 saturated carbocycles. The summed E-state index contributed by atoms with van der Waals surface area (Å²) in [6.07, 6.45) is 28.9. The monoisotopic (exact) mass is 322 g/mol. The minimum atomic E-state index is 0.921. The number of allylic oxidation sites excluding steroid dienone is 2. The van der Waals surface area contributed by atoms with Gasteiger partial charge in [-0.2, -0.15) is 0 Å². The van der Waals surface area contributed by atoms with Crippen molar-refractivity contribution < 1.29 is 0 Å². The molecule has 0 bridgehead atoms. The van der Waals surface area contributed by atoms with Crippen molar-refractivity contribution in [1.29, 1.82) is 0 Å². The maximum Gasteiger partial charge on any atom is -0.0348 e. The zero-order valence-electron chi connectivity index (χ0n) is 16.8. The van der Waals surface area contributed by atoms with E-state index in [1.165, 1.54) is 109 Å². The minimum absolute atomic E-state index is 0.921. The van der Waals surface area contributed by atoms with E-state index in [2.05, 4.69) is 32.9 Å². The normalized spacial score (nSPS) is 13.0. The fourth-order valence-electron chi connectivity index (χ4n) is 3.25. The molecule has 138 valence electrons. The molecule has 0 radical (unpaired) electrons. The van der Waals surface area contributed by atoms with E-state index in [0.29, 0.717) is 0 Å². The standard InChI is InChI=1S/C23H46/c1-4-6-8-10-12-13-14-16-18-20-22-23(3)21-19-17-15-11-9-7-5-2/h16,18,23H,4-15,17,19-22H2,1-3H3. The average Bonchev–Trinajstić information content (AvgIpc) is 2.55. The number of rotatable bonds is 18. The van der Waals surface area contributed by atoms with Crippen LogP contribution in [0, 0.1) is 5.92 Å². The maximum absolute atomic E-state index is 2.44. The van der Waals surface area contributed by atoms with Crippen LogP contribution < -0.4 is 0 Å². The first-order valence-corrected chi connectivity index (χ1v) is 11.0. The van der Waals surface area contributed by atoms with Gasteiger partial charge in [0, 0.05) is 0 Å². The van der Waals surface area contributed by atoms with E-state index in [-0.39, 0.29) is 0 Å². The smallest absolute Gasteiger partial charge is 0.0348 e. The molecule has 0 saturated heterocycles. The summed E-state index contributed by atoms with van der Waals surface area (Å²) >= 11 is 0. The van der Waals surface area contributed by atoms with Crippen molar-refractivity contribution in [1.82, 2.24) is 0 Å². The summed E-state index contributed by atoms with van der Waals surface area (Å²) in [4.78, 5) is 0. The van der Waals surface area contributed by atoms with Crippen LogP contribution in [0.15, 0.2) is 12.2 Å². The SMILES string of the molecule is CCCCCCCCC=CCCC(C)CCCCCCCCC. The molecule has 1 unspecified atom stereocenters. The third-order valence-corrected chi connectivity index (χ3v) is 5.02. The van der Waals surface area contributed by atoms with Crippen LogP contribution in [0.25, 0.3) is 0 Å². The van der Waals surface area contributed by atoms with E-state index in [0.717, 1.165) is 5.92 Å². The third kappa shape index (κ3) is 19.7. The Hall–Kier alpha value is -0.260. The zero-order valence-corrected chi connectivity index (χ0v) is 16.8. The third-order valence-electron chi connectivity index (χ3n) is 5.02. The van der Waals surface area contributed by atoms with Crippen molar-refractivity contribution in [3.63, 3.8) is 0 Å². The van der Waals surface area contributed by atoms with Crippen LogP contribution in [-0.2, 0) is 0 Å². The van der Waals surface area contributed by atoms with Gasteiger partial charge in [-0.05, 0) is 31.6 Å². The van der Waals surface area contributed by atoms with Crippen molar-refractivity contribution in [3.8, 4) is 0 Å². The van der Waals surface area contributed by atoms with Crippen LogP contribution in [0.1, 0.15) is 130 Å². The molecule has 0 heterocycles. The van der Waals surface area contributed by atoms with Crippen molar-refractivity contribution in [2.45, 2.75) is 130 Å². The summed E-state index contributed by atoms with van der Waals surface area (Å²) in [5, 5.41) is 0. The molecule has 0 heteroatoms. The molecule has 0 aromatic carbocycles. The van der Waals surface area contributed by atoms with Gasteiger partial charge in [-0.15, -0.1) is 0 Å². The van der Waals surface area contributed by atoms with E-state index in [1.54, 1.807) is 0 Å². The average molecular weight is 323 g/mol. The van der Waals surface area contributed by atoms with Crippen LogP contribution in [-0.4, -0.2) is 0 Å². The minimum Gasteiger partial charge on any atom is -0.0885 e. The Labute approximate surface area is 148 Å². The second-order valence-electron chi connectivity index (χ2n) is 7.62. The van der Waals surface area contributed by atoms with Crippen LogP contribution in [0.4, 0.5) is 0 Å². The number of hydrogen-bond donors (Lipinski definition) is 0. The predicted molar refractivity (Wildman–Crippen MR) is 108 cm³/mol. The van der Waals surface area contributed by atoms with E-state index in [9.17, 15) is 0 Å². The molecule has 1 atom stereocenters. The molecule has 0 rings (SSSR count). The first-order chi connectivity index (χ1) is 11.3. The van der Waals surface area contributed by atoms with Crippen molar-refractivity contribution in [2.75, 3.05) is 0 Å². The summed E-state index contributed by atoms with van der Waals surface area (Å²) in [5.41, 5.74) is 0. The van der Waals surface area contributed by atoms with Gasteiger partial charge >= 0.3 is 0 Å². The quantitative estimate of drug-likeness (QED) is 0.174. The largest absolute Gasteiger partial charge is 0.0885 e. The van der Waals surface area contributed by atoms with Crippen molar-refractivity contribution in [3.05, 3.63) is 12.2 Å². The Morgan fingerprint density at radius 2 is 1.00 bits per heavy atom. The number of hydrogen-bond acceptors (Lipinski definition) is 0. The fraction of sp³-hybridized carbons (Fsp3) is 0.913. The second-order valence-corrected chi connectivity index (χ2v) is 7.62. The molecule has 0 spiro atoms. The summed E-state index contributed by atoms with van der Waals surface area (Å²) in [5.74, 6) is 0.921. The van der Waals surface area contributed by atoms with E-state index in [1.807, 2.05) is 0 Å². The first kappa shape index (κ1) is 22.7. The van der Waals surface area contributed by atoms with Crippen LogP contribution in [0.5, 0.6) is 0 Å². The van der Waals surface area contributed by atoms with Crippen molar-refractivity contribution >= 4 is 0 Å². The van der Waals surface area contributed by atoms with Gasteiger partial charge in [0.2, 0.25) is 0 Å². The van der Waals surface area contributed by atoms with Gasteiger partial charge in [-0.1, -0.05) is 116 Å². The first-order valence-electron chi connectivity index (χ1n) is 11.0. The van der Waals surface area contributed by atoms with Gasteiger partial charge in [-0.3, -0.25) is 0 Å². The molecular weight excluding hydrogens is 276 g/mol. The molecule has 0 nitrogen and oxygen atoms in total. The molecule has 0 aliphatic heterocycles. The molecular formula is C23H46. The van der Waals surface area contributed by atoms with Gasteiger partial charge in [0.15, 0.2) is 0 Å². The van der Waals surface area contributed by atoms with Gasteiger partial charge < -0.3 is 0 Å². The zero-order chi connectivity index (χ0) is 17.0. The maximum atomic E-state index is 2.44. The van der Waals surface area contributed by atoms with Gasteiger partial charge in [0.05, 0.1) is 0 Å². The number of unbranched alkanes of at least 4 members (excludes halogenated alkanes) is 12. The predicted octanol–water partition coefficient (Wildman–Crippen LogP) is 8.85. The van der Waals surface area contributed by atoms with E-state index < -0.39 is 0 Å². The highest BCUT2D eigenvalue weighted by atomic mass is 14.1. The molecule has 0 aromatic heterocycles. The van der Waals surface area contributed by atoms with Crippen LogP contribution in [0.3, 0.4) is 0 Å². The second kappa shape index (κ2) is 19.8. The Bertz CT molecular complexity index is 228. The molecule has 0 fully saturated rings. The molecule has 0 aromatic rings. The molecule has 23 heavy (non-hydrogen) atoms. The van der Waals surface area contributed by atoms with Gasteiger partial charge in [-0.25, -0.2) is 0 Å². The van der Waals surface area contributed by atoms with E-state index in [4.69, 9.17) is 0 Å². The van der Waals surface area contributed by atoms with E-state index >= 15 is 0 Å². The summed E-state index contributed by atoms with van der Waals surface area (Å²) in [6.45, 7) is 7.03.